The van der Waals surface area contributed by atoms with Gasteiger partial charge in [-0.3, -0.25) is 4.79 Å². The molecule has 3 N–H and O–H groups in total. The van der Waals surface area contributed by atoms with Crippen LogP contribution in [-0.4, -0.2) is 54.6 Å². The molecule has 0 radical (unpaired) electrons. The van der Waals surface area contributed by atoms with E-state index in [1.807, 2.05) is 48.5 Å². The number of fused-ring (bicyclic) bond motifs is 1. The fourth-order valence-electron chi connectivity index (χ4n) is 4.69. The number of aromatic nitrogens is 2. The molecule has 190 valence electrons. The molecule has 0 atom stereocenters. The average molecular weight is 498 g/mol. The van der Waals surface area contributed by atoms with Crippen molar-refractivity contribution in [2.75, 3.05) is 39.2 Å². The molecule has 1 saturated heterocycles. The average Bonchev–Trinajstić information content (AvgIpc) is 2.93. The standard InChI is InChI=1S/C29H31N5O3/c1-34-13-11-19(12-14-34)17-37-27-16-25-24(15-26(27)36-2)29(32-18-31-25)33-21-9-7-20(8-10-21)22-5-3-4-6-23(22)28(30)35/h3-10,15-16,18-19H,11-14,17H2,1-2H3,(H2,30,35)(H,31,32,33). The Hall–Kier alpha value is -4.17. The van der Waals surface area contributed by atoms with Gasteiger partial charge in [-0.15, -0.1) is 0 Å². The summed E-state index contributed by atoms with van der Waals surface area (Å²) in [4.78, 5) is 23.1. The number of nitrogens with two attached hydrogens (primary N) is 1. The number of benzene rings is 3. The molecule has 1 aliphatic heterocycles. The fraction of sp³-hybridized carbons (Fsp3) is 0.276. The number of piperidine rings is 1. The number of primary amides is 1. The summed E-state index contributed by atoms with van der Waals surface area (Å²) < 4.78 is 11.8. The summed E-state index contributed by atoms with van der Waals surface area (Å²) in [5.41, 5.74) is 9.36. The molecule has 1 aromatic heterocycles. The number of likely N-dealkylation sites (tertiary alicyclic amines) is 1. The van der Waals surface area contributed by atoms with Crippen molar-refractivity contribution in [3.8, 4) is 22.6 Å². The first-order valence-corrected chi connectivity index (χ1v) is 12.4. The second kappa shape index (κ2) is 10.8. The van der Waals surface area contributed by atoms with Crippen LogP contribution in [0.2, 0.25) is 0 Å². The molecule has 2 heterocycles. The number of nitrogens with zero attached hydrogens (tertiary/aromatic N) is 3. The number of amides is 1. The Labute approximate surface area is 216 Å². The number of methoxy groups -OCH3 is 1. The molecule has 1 fully saturated rings. The lowest BCUT2D eigenvalue weighted by molar-refractivity contribution is 0.100. The van der Waals surface area contributed by atoms with Crippen molar-refractivity contribution in [1.82, 2.24) is 14.9 Å². The van der Waals surface area contributed by atoms with E-state index in [0.29, 0.717) is 35.4 Å². The Morgan fingerprint density at radius 3 is 2.54 bits per heavy atom. The highest BCUT2D eigenvalue weighted by Crippen LogP contribution is 2.35. The molecule has 8 nitrogen and oxygen atoms in total. The van der Waals surface area contributed by atoms with Crippen LogP contribution in [0, 0.1) is 5.92 Å². The van der Waals surface area contributed by atoms with E-state index in [9.17, 15) is 4.79 Å². The third kappa shape index (κ3) is 5.49. The van der Waals surface area contributed by atoms with E-state index in [2.05, 4.69) is 27.2 Å². The zero-order chi connectivity index (χ0) is 25.8. The highest BCUT2D eigenvalue weighted by Gasteiger charge is 2.19. The molecule has 4 aromatic rings. The number of hydrogen-bond donors (Lipinski definition) is 2. The first-order chi connectivity index (χ1) is 18.0. The summed E-state index contributed by atoms with van der Waals surface area (Å²) in [6, 6.07) is 18.9. The van der Waals surface area contributed by atoms with Gasteiger partial charge in [-0.25, -0.2) is 9.97 Å². The molecule has 3 aromatic carbocycles. The van der Waals surface area contributed by atoms with Crippen LogP contribution >= 0.6 is 0 Å². The molecule has 0 spiro atoms. The van der Waals surface area contributed by atoms with Gasteiger partial charge in [0.25, 0.3) is 0 Å². The summed E-state index contributed by atoms with van der Waals surface area (Å²) in [5.74, 6) is 2.09. The highest BCUT2D eigenvalue weighted by atomic mass is 16.5. The number of hydrogen-bond acceptors (Lipinski definition) is 7. The maximum absolute atomic E-state index is 11.8. The van der Waals surface area contributed by atoms with Gasteiger partial charge < -0.3 is 25.4 Å². The second-order valence-electron chi connectivity index (χ2n) is 9.41. The third-order valence-electron chi connectivity index (χ3n) is 6.88. The predicted octanol–water partition coefficient (Wildman–Crippen LogP) is 4.87. The molecule has 1 amide bonds. The van der Waals surface area contributed by atoms with Crippen LogP contribution < -0.4 is 20.5 Å². The normalized spacial score (nSPS) is 14.4. The number of anilines is 2. The molecule has 1 aliphatic rings. The topological polar surface area (TPSA) is 103 Å². The van der Waals surface area contributed by atoms with Gasteiger partial charge in [0.1, 0.15) is 12.1 Å². The maximum Gasteiger partial charge on any atom is 0.249 e. The summed E-state index contributed by atoms with van der Waals surface area (Å²) >= 11 is 0. The number of carbonyl (C=O) groups is 1. The molecular weight excluding hydrogens is 466 g/mol. The first kappa shape index (κ1) is 24.5. The van der Waals surface area contributed by atoms with Gasteiger partial charge >= 0.3 is 0 Å². The Balaban J connectivity index is 1.36. The SMILES string of the molecule is COc1cc2c(Nc3ccc(-c4ccccc4C(N)=O)cc3)ncnc2cc1OCC1CCN(C)CC1. The van der Waals surface area contributed by atoms with Crippen LogP contribution in [0.4, 0.5) is 11.5 Å². The van der Waals surface area contributed by atoms with E-state index in [0.717, 1.165) is 53.6 Å². The van der Waals surface area contributed by atoms with E-state index in [4.69, 9.17) is 15.2 Å². The minimum Gasteiger partial charge on any atom is -0.493 e. The lowest BCUT2D eigenvalue weighted by Crippen LogP contribution is -2.32. The molecule has 0 aliphatic carbocycles. The van der Waals surface area contributed by atoms with Gasteiger partial charge in [0.2, 0.25) is 5.91 Å². The van der Waals surface area contributed by atoms with Crippen LogP contribution in [0.3, 0.4) is 0 Å². The maximum atomic E-state index is 11.8. The largest absolute Gasteiger partial charge is 0.493 e. The number of nitrogens with one attached hydrogen (secondary N) is 1. The van der Waals surface area contributed by atoms with Gasteiger partial charge in [0.05, 0.1) is 19.2 Å². The van der Waals surface area contributed by atoms with E-state index >= 15 is 0 Å². The quantitative estimate of drug-likeness (QED) is 0.358. The Morgan fingerprint density at radius 1 is 1.05 bits per heavy atom. The van der Waals surface area contributed by atoms with Gasteiger partial charge in [-0.05, 0) is 74.3 Å². The van der Waals surface area contributed by atoms with Crippen LogP contribution in [0.25, 0.3) is 22.0 Å². The molecule has 8 heteroatoms. The zero-order valence-corrected chi connectivity index (χ0v) is 21.1. The minimum atomic E-state index is -0.450. The van der Waals surface area contributed by atoms with Crippen LogP contribution in [0.1, 0.15) is 23.2 Å². The number of ether oxygens (including phenoxy) is 2. The monoisotopic (exact) mass is 497 g/mol. The minimum absolute atomic E-state index is 0.450. The molecule has 5 rings (SSSR count). The van der Waals surface area contributed by atoms with E-state index < -0.39 is 5.91 Å². The molecular formula is C29H31N5O3. The predicted molar refractivity (Wildman–Crippen MR) is 145 cm³/mol. The van der Waals surface area contributed by atoms with Gasteiger partial charge in [0, 0.05) is 22.7 Å². The van der Waals surface area contributed by atoms with Crippen molar-refractivity contribution in [1.29, 1.82) is 0 Å². The van der Waals surface area contributed by atoms with Crippen molar-refractivity contribution in [2.24, 2.45) is 11.7 Å². The Bertz CT molecular complexity index is 1400. The van der Waals surface area contributed by atoms with Gasteiger partial charge in [-0.1, -0.05) is 30.3 Å². The lowest BCUT2D eigenvalue weighted by Gasteiger charge is -2.28. The lowest BCUT2D eigenvalue weighted by atomic mass is 9.98. The van der Waals surface area contributed by atoms with Crippen LogP contribution in [0.5, 0.6) is 11.5 Å². The van der Waals surface area contributed by atoms with E-state index in [1.54, 1.807) is 19.2 Å². The third-order valence-corrected chi connectivity index (χ3v) is 6.88. The fourth-order valence-corrected chi connectivity index (χ4v) is 4.69. The van der Waals surface area contributed by atoms with Crippen LogP contribution in [-0.2, 0) is 0 Å². The van der Waals surface area contributed by atoms with E-state index in [-0.39, 0.29) is 0 Å². The molecule has 0 unspecified atom stereocenters. The zero-order valence-electron chi connectivity index (χ0n) is 21.1. The molecule has 0 bridgehead atoms. The van der Waals surface area contributed by atoms with Gasteiger partial charge in [0.15, 0.2) is 11.5 Å². The second-order valence-corrected chi connectivity index (χ2v) is 9.41. The number of carbonyl (C=O) groups excluding carboxylic acids is 1. The molecule has 37 heavy (non-hydrogen) atoms. The number of rotatable bonds is 8. The summed E-state index contributed by atoms with van der Waals surface area (Å²) in [6.45, 7) is 2.87. The van der Waals surface area contributed by atoms with Crippen molar-refractivity contribution in [3.05, 3.63) is 72.6 Å². The van der Waals surface area contributed by atoms with Crippen LogP contribution in [0.15, 0.2) is 67.0 Å². The Morgan fingerprint density at radius 2 is 1.81 bits per heavy atom. The molecule has 0 saturated carbocycles. The first-order valence-electron chi connectivity index (χ1n) is 12.4. The van der Waals surface area contributed by atoms with E-state index in [1.165, 1.54) is 6.33 Å². The summed E-state index contributed by atoms with van der Waals surface area (Å²) in [7, 11) is 3.80. The van der Waals surface area contributed by atoms with Crippen molar-refractivity contribution >= 4 is 28.3 Å². The van der Waals surface area contributed by atoms with Gasteiger partial charge in [-0.2, -0.15) is 0 Å². The smallest absolute Gasteiger partial charge is 0.249 e. The van der Waals surface area contributed by atoms with Crippen molar-refractivity contribution in [2.45, 2.75) is 12.8 Å². The summed E-state index contributed by atoms with van der Waals surface area (Å²) in [6.07, 6.45) is 3.81. The van der Waals surface area contributed by atoms with Crippen molar-refractivity contribution < 1.29 is 14.3 Å². The highest BCUT2D eigenvalue weighted by molar-refractivity contribution is 6.00. The Kier molecular flexibility index (Phi) is 7.18. The van der Waals surface area contributed by atoms with Crippen molar-refractivity contribution in [3.63, 3.8) is 0 Å². The summed E-state index contributed by atoms with van der Waals surface area (Å²) in [5, 5.41) is 4.21.